The molecular weight excluding hydrogens is 214 g/mol. The van der Waals surface area contributed by atoms with E-state index in [-0.39, 0.29) is 11.8 Å². The van der Waals surface area contributed by atoms with Gasteiger partial charge in [0.2, 0.25) is 0 Å². The number of carbonyl (C=O) groups is 1. The Balaban J connectivity index is 2.89. The van der Waals surface area contributed by atoms with Gasteiger partial charge in [0.15, 0.2) is 0 Å². The van der Waals surface area contributed by atoms with Crippen molar-refractivity contribution in [2.75, 3.05) is 19.3 Å². The van der Waals surface area contributed by atoms with Gasteiger partial charge in [0.1, 0.15) is 0 Å². The van der Waals surface area contributed by atoms with Crippen molar-refractivity contribution in [1.29, 1.82) is 5.26 Å². The van der Waals surface area contributed by atoms with Gasteiger partial charge in [0.25, 0.3) is 5.91 Å². The van der Waals surface area contributed by atoms with Crippen LogP contribution in [0.2, 0.25) is 0 Å². The predicted octanol–water partition coefficient (Wildman–Crippen LogP) is 1.81. The zero-order valence-electron chi connectivity index (χ0n) is 10.4. The molecule has 0 fully saturated rings. The van der Waals surface area contributed by atoms with Crippen molar-refractivity contribution < 1.29 is 4.79 Å². The summed E-state index contributed by atoms with van der Waals surface area (Å²) in [5, 5.41) is 8.73. The lowest BCUT2D eigenvalue weighted by atomic mass is 10.1. The van der Waals surface area contributed by atoms with Crippen LogP contribution >= 0.6 is 0 Å². The van der Waals surface area contributed by atoms with Crippen molar-refractivity contribution in [3.05, 3.63) is 29.3 Å². The van der Waals surface area contributed by atoms with Gasteiger partial charge in [0.05, 0.1) is 12.0 Å². The minimum absolute atomic E-state index is 0.100. The van der Waals surface area contributed by atoms with Crippen LogP contribution in [0.25, 0.3) is 0 Å². The maximum Gasteiger partial charge on any atom is 0.253 e. The van der Waals surface area contributed by atoms with Crippen molar-refractivity contribution in [2.45, 2.75) is 13.8 Å². The van der Waals surface area contributed by atoms with Gasteiger partial charge in [-0.15, -0.1) is 0 Å². The van der Waals surface area contributed by atoms with E-state index in [0.717, 1.165) is 5.56 Å². The van der Waals surface area contributed by atoms with E-state index < -0.39 is 0 Å². The van der Waals surface area contributed by atoms with Gasteiger partial charge < -0.3 is 10.6 Å². The third-order valence-electron chi connectivity index (χ3n) is 2.61. The molecule has 17 heavy (non-hydrogen) atoms. The Morgan fingerprint density at radius 2 is 2.24 bits per heavy atom. The highest BCUT2D eigenvalue weighted by molar-refractivity contribution is 5.96. The molecular formula is C13H17N3O. The molecule has 1 unspecified atom stereocenters. The summed E-state index contributed by atoms with van der Waals surface area (Å²) in [5.74, 6) is -0.276. The number of hydrogen-bond acceptors (Lipinski definition) is 3. The standard InChI is InChI=1S/C13H17N3O/c1-9(7-14)8-16(3)13(17)12-6-11(15)5-4-10(12)2/h4-6,9H,8,15H2,1-3H3. The normalized spacial score (nSPS) is 11.6. The molecule has 0 spiro atoms. The molecule has 0 aromatic heterocycles. The van der Waals surface area contributed by atoms with Gasteiger partial charge >= 0.3 is 0 Å². The molecule has 1 amide bonds. The number of nitriles is 1. The first-order valence-electron chi connectivity index (χ1n) is 5.47. The van der Waals surface area contributed by atoms with Gasteiger partial charge in [-0.05, 0) is 31.5 Å². The number of rotatable bonds is 3. The zero-order chi connectivity index (χ0) is 13.0. The molecule has 0 heterocycles. The Bertz CT molecular complexity index is 462. The lowest BCUT2D eigenvalue weighted by Crippen LogP contribution is -2.31. The molecule has 4 nitrogen and oxygen atoms in total. The highest BCUT2D eigenvalue weighted by Gasteiger charge is 2.16. The summed E-state index contributed by atoms with van der Waals surface area (Å²) < 4.78 is 0. The molecule has 0 saturated carbocycles. The van der Waals surface area contributed by atoms with Crippen molar-refractivity contribution in [3.63, 3.8) is 0 Å². The quantitative estimate of drug-likeness (QED) is 0.806. The number of nitrogen functional groups attached to an aromatic ring is 1. The number of amides is 1. The van der Waals surface area contributed by atoms with Crippen LogP contribution < -0.4 is 5.73 Å². The Labute approximate surface area is 102 Å². The van der Waals surface area contributed by atoms with E-state index in [9.17, 15) is 4.79 Å². The fraction of sp³-hybridized carbons (Fsp3) is 0.385. The van der Waals surface area contributed by atoms with E-state index in [1.165, 1.54) is 0 Å². The van der Waals surface area contributed by atoms with Crippen LogP contribution in [-0.4, -0.2) is 24.4 Å². The van der Waals surface area contributed by atoms with Gasteiger partial charge in [-0.2, -0.15) is 5.26 Å². The summed E-state index contributed by atoms with van der Waals surface area (Å²) in [5.41, 5.74) is 7.72. The van der Waals surface area contributed by atoms with Gasteiger partial charge in [-0.25, -0.2) is 0 Å². The maximum atomic E-state index is 12.1. The van der Waals surface area contributed by atoms with Crippen LogP contribution in [0.1, 0.15) is 22.8 Å². The average molecular weight is 231 g/mol. The van der Waals surface area contributed by atoms with Crippen molar-refractivity contribution >= 4 is 11.6 Å². The lowest BCUT2D eigenvalue weighted by Gasteiger charge is -2.19. The average Bonchev–Trinajstić information content (AvgIpc) is 2.31. The molecule has 90 valence electrons. The highest BCUT2D eigenvalue weighted by atomic mass is 16.2. The van der Waals surface area contributed by atoms with E-state index in [1.54, 1.807) is 31.0 Å². The summed E-state index contributed by atoms with van der Waals surface area (Å²) in [7, 11) is 1.69. The fourth-order valence-electron chi connectivity index (χ4n) is 1.61. The number of nitrogens with two attached hydrogens (primary N) is 1. The first kappa shape index (κ1) is 13.0. The van der Waals surface area contributed by atoms with Crippen LogP contribution in [0.4, 0.5) is 5.69 Å². The zero-order valence-corrected chi connectivity index (χ0v) is 10.4. The summed E-state index contributed by atoms with van der Waals surface area (Å²) in [6, 6.07) is 7.37. The molecule has 0 aliphatic carbocycles. The van der Waals surface area contributed by atoms with Crippen LogP contribution in [0.3, 0.4) is 0 Å². The molecule has 0 aliphatic rings. The Hall–Kier alpha value is -2.02. The lowest BCUT2D eigenvalue weighted by molar-refractivity contribution is 0.0784. The van der Waals surface area contributed by atoms with Crippen molar-refractivity contribution in [1.82, 2.24) is 4.90 Å². The van der Waals surface area contributed by atoms with E-state index in [4.69, 9.17) is 11.0 Å². The van der Waals surface area contributed by atoms with Crippen LogP contribution in [0.15, 0.2) is 18.2 Å². The Morgan fingerprint density at radius 3 is 2.82 bits per heavy atom. The molecule has 0 aliphatic heterocycles. The molecule has 0 bridgehead atoms. The van der Waals surface area contributed by atoms with Crippen LogP contribution in [-0.2, 0) is 0 Å². The van der Waals surface area contributed by atoms with Crippen molar-refractivity contribution in [2.24, 2.45) is 5.92 Å². The number of nitrogens with zero attached hydrogens (tertiary/aromatic N) is 2. The molecule has 0 saturated heterocycles. The third-order valence-corrected chi connectivity index (χ3v) is 2.61. The molecule has 1 aromatic rings. The molecule has 1 rings (SSSR count). The number of benzene rings is 1. The Kier molecular flexibility index (Phi) is 4.11. The minimum Gasteiger partial charge on any atom is -0.399 e. The number of anilines is 1. The largest absolute Gasteiger partial charge is 0.399 e. The van der Waals surface area contributed by atoms with Crippen molar-refractivity contribution in [3.8, 4) is 6.07 Å². The predicted molar refractivity (Wildman–Crippen MR) is 67.3 cm³/mol. The summed E-state index contributed by atoms with van der Waals surface area (Å²) in [6.45, 7) is 4.08. The number of hydrogen-bond donors (Lipinski definition) is 1. The summed E-state index contributed by atoms with van der Waals surface area (Å²) >= 11 is 0. The number of aryl methyl sites for hydroxylation is 1. The smallest absolute Gasteiger partial charge is 0.253 e. The van der Waals surface area contributed by atoms with E-state index >= 15 is 0 Å². The van der Waals surface area contributed by atoms with Crippen LogP contribution in [0.5, 0.6) is 0 Å². The monoisotopic (exact) mass is 231 g/mol. The van der Waals surface area contributed by atoms with Gasteiger partial charge in [-0.1, -0.05) is 6.07 Å². The second-order valence-electron chi connectivity index (χ2n) is 4.29. The second kappa shape index (κ2) is 5.35. The minimum atomic E-state index is -0.176. The molecule has 2 N–H and O–H groups in total. The maximum absolute atomic E-state index is 12.1. The van der Waals surface area contributed by atoms with Crippen LogP contribution in [0, 0.1) is 24.2 Å². The highest BCUT2D eigenvalue weighted by Crippen LogP contribution is 2.15. The molecule has 0 radical (unpaired) electrons. The fourth-order valence-corrected chi connectivity index (χ4v) is 1.61. The third kappa shape index (κ3) is 3.22. The molecule has 1 aromatic carbocycles. The number of carbonyl (C=O) groups excluding carboxylic acids is 1. The van der Waals surface area contributed by atoms with E-state index in [0.29, 0.717) is 17.8 Å². The van der Waals surface area contributed by atoms with Gasteiger partial charge in [0, 0.05) is 24.8 Å². The topological polar surface area (TPSA) is 70.1 Å². The molecule has 1 atom stereocenters. The SMILES string of the molecule is Cc1ccc(N)cc1C(=O)N(C)CC(C)C#N. The van der Waals surface area contributed by atoms with Gasteiger partial charge in [-0.3, -0.25) is 4.79 Å². The Morgan fingerprint density at radius 1 is 1.59 bits per heavy atom. The van der Waals surface area contributed by atoms with E-state index in [1.807, 2.05) is 13.0 Å². The molecule has 4 heteroatoms. The summed E-state index contributed by atoms with van der Waals surface area (Å²) in [4.78, 5) is 13.7. The first-order valence-corrected chi connectivity index (χ1v) is 5.47. The van der Waals surface area contributed by atoms with E-state index in [2.05, 4.69) is 6.07 Å². The second-order valence-corrected chi connectivity index (χ2v) is 4.29. The first-order chi connectivity index (χ1) is 7.95. The summed E-state index contributed by atoms with van der Waals surface area (Å²) in [6.07, 6.45) is 0.